The van der Waals surface area contributed by atoms with Gasteiger partial charge in [0, 0.05) is 49.2 Å². The Morgan fingerprint density at radius 3 is 2.71 bits per heavy atom. The van der Waals surface area contributed by atoms with Crippen molar-refractivity contribution in [3.63, 3.8) is 0 Å². The Morgan fingerprint density at radius 1 is 1.20 bits per heavy atom. The van der Waals surface area contributed by atoms with Crippen LogP contribution >= 0.6 is 23.4 Å². The molecule has 188 valence electrons. The molecule has 3 aromatic rings. The number of fused-ring (bicyclic) bond motifs is 1. The van der Waals surface area contributed by atoms with E-state index in [1.807, 2.05) is 30.9 Å². The van der Waals surface area contributed by atoms with E-state index in [-0.39, 0.29) is 4.75 Å². The quantitative estimate of drug-likeness (QED) is 0.422. The molecule has 3 aromatic heterocycles. The first kappa shape index (κ1) is 25.0. The molecule has 0 aromatic carbocycles. The molecule has 35 heavy (non-hydrogen) atoms. The van der Waals surface area contributed by atoms with Crippen LogP contribution in [0.1, 0.15) is 52.4 Å². The molecule has 10 heteroatoms. The molecular formula is C25H33ClN6OS2. The molecule has 0 bridgehead atoms. The minimum atomic E-state index is -0.790. The number of rotatable bonds is 6. The molecule has 1 saturated heterocycles. The van der Waals surface area contributed by atoms with E-state index in [1.165, 1.54) is 43.9 Å². The van der Waals surface area contributed by atoms with Gasteiger partial charge >= 0.3 is 0 Å². The zero-order valence-corrected chi connectivity index (χ0v) is 22.9. The molecule has 1 unspecified atom stereocenters. The van der Waals surface area contributed by atoms with Crippen molar-refractivity contribution in [3.05, 3.63) is 35.9 Å². The van der Waals surface area contributed by atoms with Gasteiger partial charge in [0.2, 0.25) is 5.95 Å². The van der Waals surface area contributed by atoms with E-state index in [9.17, 15) is 4.55 Å². The first-order valence-electron chi connectivity index (χ1n) is 12.2. The Morgan fingerprint density at radius 2 is 1.97 bits per heavy atom. The predicted molar refractivity (Wildman–Crippen MR) is 145 cm³/mol. The summed E-state index contributed by atoms with van der Waals surface area (Å²) in [6.07, 6.45) is 16.4. The first-order valence-corrected chi connectivity index (χ1v) is 14.9. The van der Waals surface area contributed by atoms with Crippen molar-refractivity contribution in [2.24, 2.45) is 11.3 Å². The second kappa shape index (κ2) is 9.65. The summed E-state index contributed by atoms with van der Waals surface area (Å²) in [6.45, 7) is 6.29. The van der Waals surface area contributed by atoms with Crippen LogP contribution in [0.15, 0.2) is 40.6 Å². The number of hydrogen-bond acceptors (Lipinski definition) is 7. The number of piperidine rings is 1. The van der Waals surface area contributed by atoms with Crippen LogP contribution in [0.2, 0.25) is 5.02 Å². The number of nitrogens with zero attached hydrogens (tertiary/aromatic N) is 5. The molecule has 7 nitrogen and oxygen atoms in total. The topological polar surface area (TPSA) is 95.4 Å². The highest BCUT2D eigenvalue weighted by Crippen LogP contribution is 2.51. The van der Waals surface area contributed by atoms with Gasteiger partial charge in [0.05, 0.1) is 16.2 Å². The zero-order chi connectivity index (χ0) is 24.8. The normalized spacial score (nSPS) is 21.2. The Labute approximate surface area is 219 Å². The van der Waals surface area contributed by atoms with Gasteiger partial charge in [-0.05, 0) is 63.4 Å². The van der Waals surface area contributed by atoms with Gasteiger partial charge in [-0.3, -0.25) is 4.40 Å². The number of nitrogens with two attached hydrogens (primary N) is 1. The van der Waals surface area contributed by atoms with Gasteiger partial charge in [0.1, 0.15) is 10.6 Å². The number of halogens is 1. The molecular weight excluding hydrogens is 500 g/mol. The predicted octanol–water partition coefficient (Wildman–Crippen LogP) is 5.45. The van der Waals surface area contributed by atoms with Gasteiger partial charge in [0.25, 0.3) is 0 Å². The molecule has 1 spiro atoms. The molecule has 0 amide bonds. The number of nitrogen functional groups attached to an aromatic ring is 1. The van der Waals surface area contributed by atoms with Gasteiger partial charge in [-0.15, -0.1) is 0 Å². The lowest BCUT2D eigenvalue weighted by atomic mass is 9.76. The molecule has 1 saturated carbocycles. The zero-order valence-electron chi connectivity index (χ0n) is 20.5. The fraction of sp³-hybridized carbons (Fsp3) is 0.560. The molecule has 2 N–H and O–H groups in total. The maximum Gasteiger partial charge on any atom is 0.211 e. The fourth-order valence-electron chi connectivity index (χ4n) is 5.78. The molecule has 2 atom stereocenters. The molecule has 2 aliphatic rings. The van der Waals surface area contributed by atoms with Crippen molar-refractivity contribution in [3.8, 4) is 0 Å². The second-order valence-electron chi connectivity index (χ2n) is 10.7. The minimum absolute atomic E-state index is 0.0974. The van der Waals surface area contributed by atoms with E-state index in [1.54, 1.807) is 6.20 Å². The van der Waals surface area contributed by atoms with Crippen molar-refractivity contribution >= 4 is 52.0 Å². The summed E-state index contributed by atoms with van der Waals surface area (Å²) < 4.78 is 14.1. The molecule has 5 rings (SSSR count). The van der Waals surface area contributed by atoms with E-state index in [0.29, 0.717) is 22.2 Å². The highest BCUT2D eigenvalue weighted by Gasteiger charge is 2.44. The Balaban J connectivity index is 1.29. The highest BCUT2D eigenvalue weighted by atomic mass is 35.5. The highest BCUT2D eigenvalue weighted by molar-refractivity contribution is 7.99. The molecule has 1 aliphatic heterocycles. The maximum absolute atomic E-state index is 12.1. The fourth-order valence-corrected chi connectivity index (χ4v) is 7.38. The largest absolute Gasteiger partial charge is 0.616 e. The summed E-state index contributed by atoms with van der Waals surface area (Å²) in [4.78, 5) is 17.7. The molecule has 4 heterocycles. The van der Waals surface area contributed by atoms with Gasteiger partial charge in [-0.2, -0.15) is 0 Å². The van der Waals surface area contributed by atoms with Gasteiger partial charge < -0.3 is 15.2 Å². The third kappa shape index (κ3) is 4.97. The smallest absolute Gasteiger partial charge is 0.211 e. The lowest BCUT2D eigenvalue weighted by Crippen LogP contribution is -2.40. The Bertz CT molecular complexity index is 1210. The van der Waals surface area contributed by atoms with Crippen LogP contribution < -0.4 is 10.6 Å². The van der Waals surface area contributed by atoms with Gasteiger partial charge in [-0.25, -0.2) is 15.0 Å². The number of pyridine rings is 1. The van der Waals surface area contributed by atoms with E-state index < -0.39 is 11.2 Å². The van der Waals surface area contributed by atoms with Crippen molar-refractivity contribution in [2.45, 2.75) is 66.9 Å². The lowest BCUT2D eigenvalue weighted by molar-refractivity contribution is 0.212. The maximum atomic E-state index is 12.1. The van der Waals surface area contributed by atoms with Crippen LogP contribution in [0.3, 0.4) is 0 Å². The average Bonchev–Trinajstić information content (AvgIpc) is 3.45. The van der Waals surface area contributed by atoms with Gasteiger partial charge in [0.15, 0.2) is 5.65 Å². The number of anilines is 2. The summed E-state index contributed by atoms with van der Waals surface area (Å²) in [5.41, 5.74) is 7.16. The Kier molecular flexibility index (Phi) is 6.89. The summed E-state index contributed by atoms with van der Waals surface area (Å²) in [7, 11) is 0. The van der Waals surface area contributed by atoms with E-state index >= 15 is 0 Å². The van der Waals surface area contributed by atoms with Crippen LogP contribution in [0.25, 0.3) is 5.65 Å². The summed E-state index contributed by atoms with van der Waals surface area (Å²) in [5, 5.41) is 0.455. The van der Waals surface area contributed by atoms with E-state index in [0.717, 1.165) is 40.9 Å². The van der Waals surface area contributed by atoms with Crippen LogP contribution in [-0.4, -0.2) is 48.0 Å². The monoisotopic (exact) mass is 532 g/mol. The minimum Gasteiger partial charge on any atom is -0.616 e. The first-order chi connectivity index (χ1) is 16.7. The number of imidazole rings is 1. The van der Waals surface area contributed by atoms with Crippen molar-refractivity contribution in [1.29, 1.82) is 0 Å². The van der Waals surface area contributed by atoms with Crippen LogP contribution in [0.4, 0.5) is 11.8 Å². The summed E-state index contributed by atoms with van der Waals surface area (Å²) >= 11 is 7.07. The summed E-state index contributed by atoms with van der Waals surface area (Å²) in [5.74, 6) is 1.95. The van der Waals surface area contributed by atoms with Gasteiger partial charge in [-0.1, -0.05) is 34.5 Å². The number of hydrogen-bond donors (Lipinski definition) is 1. The van der Waals surface area contributed by atoms with Crippen LogP contribution in [0.5, 0.6) is 0 Å². The number of aromatic nitrogens is 4. The third-order valence-corrected chi connectivity index (χ3v) is 11.2. The van der Waals surface area contributed by atoms with Crippen LogP contribution in [-0.2, 0) is 11.2 Å². The standard InChI is InChI=1S/C25H33ClN6OS2/c1-24(2,35(3)33)14-17-4-6-25(15-17)7-11-31(12-8-25)23-30-16-19(22-29-10-13-32(22)23)34-18-5-9-28-21(27)20(18)26/h5,9-10,13,16-17H,4,6-8,11-12,14-15H2,1-3H3,(H2,27,28)/t17?,35-/m0/s1. The third-order valence-electron chi connectivity index (χ3n) is 7.94. The average molecular weight is 533 g/mol. The van der Waals surface area contributed by atoms with E-state index in [2.05, 4.69) is 33.1 Å². The second-order valence-corrected chi connectivity index (χ2v) is 14.1. The van der Waals surface area contributed by atoms with E-state index in [4.69, 9.17) is 22.3 Å². The molecule has 0 radical (unpaired) electrons. The van der Waals surface area contributed by atoms with Crippen molar-refractivity contribution in [1.82, 2.24) is 19.4 Å². The SMILES string of the molecule is C[S@+]([O-])C(C)(C)CC1CCC2(CCN(c3ncc(Sc4ccnc(N)c4Cl)c4nccn34)CC2)C1. The Hall–Kier alpha value is -1.68. The van der Waals surface area contributed by atoms with Crippen LogP contribution in [0, 0.1) is 11.3 Å². The lowest BCUT2D eigenvalue weighted by Gasteiger charge is -2.40. The molecule has 1 aliphatic carbocycles. The van der Waals surface area contributed by atoms with Crippen molar-refractivity contribution < 1.29 is 4.55 Å². The summed E-state index contributed by atoms with van der Waals surface area (Å²) in [6, 6.07) is 1.86. The molecule has 2 fully saturated rings. The van der Waals surface area contributed by atoms with Crippen molar-refractivity contribution in [2.75, 3.05) is 30.0 Å².